The monoisotopic (exact) mass is 952 g/mol. The van der Waals surface area contributed by atoms with Crippen LogP contribution in [-0.2, 0) is 25.6 Å². The van der Waals surface area contributed by atoms with Gasteiger partial charge in [-0.15, -0.1) is 0 Å². The molecule has 0 unspecified atom stereocenters. The van der Waals surface area contributed by atoms with Crippen molar-refractivity contribution in [3.63, 3.8) is 0 Å². The zero-order valence-corrected chi connectivity index (χ0v) is 41.9. The van der Waals surface area contributed by atoms with Gasteiger partial charge in [0.1, 0.15) is 12.1 Å². The number of imidazole rings is 1. The second-order valence-electron chi connectivity index (χ2n) is 18.8. The molecule has 0 spiro atoms. The Kier molecular flexibility index (Phi) is 30.8. The van der Waals surface area contributed by atoms with Crippen LogP contribution in [0.25, 0.3) is 0 Å². The summed E-state index contributed by atoms with van der Waals surface area (Å²) in [5, 5.41) is 17.9. The van der Waals surface area contributed by atoms with Crippen molar-refractivity contribution in [3.8, 4) is 11.5 Å². The molecular weight excluding hydrogens is 863 g/mol. The number of nitrogens with one attached hydrogen (secondary N) is 4. The van der Waals surface area contributed by atoms with Crippen LogP contribution < -0.4 is 31.2 Å². The smallest absolute Gasteiger partial charge is 0.303 e. The van der Waals surface area contributed by atoms with Gasteiger partial charge in [-0.2, -0.15) is 0 Å². The van der Waals surface area contributed by atoms with Crippen molar-refractivity contribution >= 4 is 29.6 Å². The number of H-pyrrole nitrogens is 1. The lowest BCUT2D eigenvalue weighted by Gasteiger charge is -2.28. The number of hydrogen-bond donors (Lipinski definition) is 6. The number of benzene rings is 1. The van der Waals surface area contributed by atoms with Crippen molar-refractivity contribution in [2.75, 3.05) is 32.8 Å². The van der Waals surface area contributed by atoms with Crippen LogP contribution in [0.15, 0.2) is 30.7 Å². The van der Waals surface area contributed by atoms with Gasteiger partial charge in [-0.1, -0.05) is 142 Å². The summed E-state index contributed by atoms with van der Waals surface area (Å²) in [5.74, 6) is -1.30. The molecule has 3 rings (SSSR count). The van der Waals surface area contributed by atoms with Crippen LogP contribution in [0.3, 0.4) is 0 Å². The minimum absolute atomic E-state index is 0.0886. The lowest BCUT2D eigenvalue weighted by atomic mass is 10.1. The molecule has 1 aliphatic rings. The maximum absolute atomic E-state index is 13.4. The highest BCUT2D eigenvalue weighted by molar-refractivity contribution is 5.95. The maximum atomic E-state index is 13.4. The number of aromatic nitrogens is 2. The molecule has 2 aromatic rings. The van der Waals surface area contributed by atoms with Crippen LogP contribution in [0.5, 0.6) is 11.5 Å². The summed E-state index contributed by atoms with van der Waals surface area (Å²) in [6.45, 7) is 6.91. The first-order valence-corrected chi connectivity index (χ1v) is 26.7. The second-order valence-corrected chi connectivity index (χ2v) is 18.8. The third kappa shape index (κ3) is 24.6. The van der Waals surface area contributed by atoms with Crippen LogP contribution in [0, 0.1) is 0 Å². The van der Waals surface area contributed by atoms with E-state index in [1.807, 2.05) is 6.07 Å². The van der Waals surface area contributed by atoms with Crippen molar-refractivity contribution in [2.24, 2.45) is 5.73 Å². The molecule has 1 aliphatic heterocycles. The van der Waals surface area contributed by atoms with Crippen molar-refractivity contribution in [3.05, 3.63) is 42.0 Å². The second kappa shape index (κ2) is 36.3. The SMILES string of the molecule is CCCCCCCCCCCCOc1ccc(C(=O)NCCCCCCNC(=O)[C@H](CCC(=O)O)NC(=O)[C@@H]2CCCN2C(=O)[C@@H](N)Cc2cnc[nH]2)cc1OCCCCCCCCCCCC. The van der Waals surface area contributed by atoms with Crippen molar-refractivity contribution in [1.29, 1.82) is 0 Å². The third-order valence-electron chi connectivity index (χ3n) is 12.8. The zero-order valence-electron chi connectivity index (χ0n) is 41.9. The number of unbranched alkanes of at least 4 members (excludes halogenated alkanes) is 21. The molecule has 1 aromatic heterocycles. The van der Waals surface area contributed by atoms with Crippen LogP contribution in [-0.4, -0.2) is 101 Å². The number of carboxylic acid groups (broad SMARTS) is 1. The van der Waals surface area contributed by atoms with Crippen LogP contribution in [0.1, 0.15) is 210 Å². The summed E-state index contributed by atoms with van der Waals surface area (Å²) in [6.07, 6.45) is 32.1. The highest BCUT2D eigenvalue weighted by atomic mass is 16.5. The van der Waals surface area contributed by atoms with Crippen LogP contribution in [0.2, 0.25) is 0 Å². The van der Waals surface area contributed by atoms with Gasteiger partial charge >= 0.3 is 5.97 Å². The van der Waals surface area contributed by atoms with Gasteiger partial charge in [-0.3, -0.25) is 24.0 Å². The first kappa shape index (κ1) is 57.7. The molecule has 2 heterocycles. The lowest BCUT2D eigenvalue weighted by molar-refractivity contribution is -0.140. The molecule has 0 radical (unpaired) electrons. The summed E-state index contributed by atoms with van der Waals surface area (Å²) in [7, 11) is 0. The van der Waals surface area contributed by atoms with E-state index < -0.39 is 35.9 Å². The molecule has 15 nitrogen and oxygen atoms in total. The van der Waals surface area contributed by atoms with Gasteiger partial charge in [0.15, 0.2) is 11.5 Å². The van der Waals surface area contributed by atoms with Crippen LogP contribution >= 0.6 is 0 Å². The van der Waals surface area contributed by atoms with Gasteiger partial charge in [0, 0.05) is 49.9 Å². The molecule has 1 fully saturated rings. The number of aliphatic carboxylic acids is 1. The highest BCUT2D eigenvalue weighted by Gasteiger charge is 2.37. The summed E-state index contributed by atoms with van der Waals surface area (Å²) in [4.78, 5) is 72.8. The fraction of sp³-hybridized carbons (Fsp3) is 0.736. The largest absolute Gasteiger partial charge is 0.490 e. The van der Waals surface area contributed by atoms with Gasteiger partial charge in [-0.25, -0.2) is 4.98 Å². The van der Waals surface area contributed by atoms with Crippen LogP contribution in [0.4, 0.5) is 0 Å². The highest BCUT2D eigenvalue weighted by Crippen LogP contribution is 2.29. The summed E-state index contributed by atoms with van der Waals surface area (Å²) < 4.78 is 12.5. The van der Waals surface area contributed by atoms with Gasteiger partial charge in [-0.05, 0) is 63.1 Å². The number of carboxylic acids is 1. The van der Waals surface area contributed by atoms with E-state index in [9.17, 15) is 29.1 Å². The van der Waals surface area contributed by atoms with Crippen molar-refractivity contribution in [2.45, 2.75) is 218 Å². The maximum Gasteiger partial charge on any atom is 0.303 e. The first-order valence-electron chi connectivity index (χ1n) is 26.7. The Morgan fingerprint density at radius 1 is 0.750 bits per heavy atom. The number of carbonyl (C=O) groups is 5. The Morgan fingerprint density at radius 2 is 1.29 bits per heavy atom. The summed E-state index contributed by atoms with van der Waals surface area (Å²) >= 11 is 0. The van der Waals surface area contributed by atoms with E-state index in [1.165, 1.54) is 114 Å². The van der Waals surface area contributed by atoms with E-state index in [-0.39, 0.29) is 31.1 Å². The van der Waals surface area contributed by atoms with E-state index in [1.54, 1.807) is 18.3 Å². The molecule has 4 amide bonds. The number of nitrogens with two attached hydrogens (primary N) is 1. The molecule has 1 saturated heterocycles. The molecule has 1 aromatic carbocycles. The topological polar surface area (TPSA) is 218 Å². The molecule has 7 N–H and O–H groups in total. The van der Waals surface area contributed by atoms with E-state index >= 15 is 0 Å². The molecule has 0 aliphatic carbocycles. The number of likely N-dealkylation sites (tertiary alicyclic amines) is 1. The van der Waals surface area contributed by atoms with E-state index in [2.05, 4.69) is 39.8 Å². The predicted octanol–water partition coefficient (Wildman–Crippen LogP) is 9.33. The number of amides is 4. The fourth-order valence-corrected chi connectivity index (χ4v) is 8.71. The summed E-state index contributed by atoms with van der Waals surface area (Å²) in [5.41, 5.74) is 7.42. The number of aromatic amines is 1. The average molecular weight is 952 g/mol. The van der Waals surface area contributed by atoms with Gasteiger partial charge in [0.05, 0.1) is 25.6 Å². The molecule has 384 valence electrons. The number of hydrogen-bond acceptors (Lipinski definition) is 9. The molecule has 3 atom stereocenters. The average Bonchev–Trinajstić information content (AvgIpc) is 4.05. The Balaban J connectivity index is 1.39. The van der Waals surface area contributed by atoms with Crippen molar-refractivity contribution < 1.29 is 38.6 Å². The first-order chi connectivity index (χ1) is 33.1. The van der Waals surface area contributed by atoms with Crippen molar-refractivity contribution in [1.82, 2.24) is 30.8 Å². The molecule has 68 heavy (non-hydrogen) atoms. The number of carbonyl (C=O) groups excluding carboxylic acids is 4. The van der Waals surface area contributed by atoms with Gasteiger partial charge in [0.2, 0.25) is 17.7 Å². The Bertz CT molecular complexity index is 1690. The molecule has 15 heteroatoms. The summed E-state index contributed by atoms with van der Waals surface area (Å²) in [6, 6.07) is 2.72. The van der Waals surface area contributed by atoms with E-state index in [4.69, 9.17) is 15.2 Å². The minimum atomic E-state index is -1.08. The van der Waals surface area contributed by atoms with Gasteiger partial charge in [0.25, 0.3) is 5.91 Å². The fourth-order valence-electron chi connectivity index (χ4n) is 8.71. The van der Waals surface area contributed by atoms with E-state index in [0.717, 1.165) is 44.9 Å². The lowest BCUT2D eigenvalue weighted by Crippen LogP contribution is -2.55. The Labute approximate surface area is 408 Å². The number of rotatable bonds is 41. The third-order valence-corrected chi connectivity index (χ3v) is 12.8. The molecular formula is C53H89N7O8. The standard InChI is InChI=1S/C53H89N7O8/c1-3-5-7-9-11-13-15-17-21-25-36-67-47-31-29-42(38-48(47)68-37-26-22-18-16-14-12-10-8-6-4-2)50(63)56-33-23-19-20-24-34-57-51(64)45(30-32-49(61)62)59-52(65)46-28-27-35-60(46)53(66)44(54)39-43-40-55-41-58-43/h29,31,38,40-41,44-46H,3-28,30,32-37,39,54H2,1-2H3,(H,55,58)(H,56,63)(H,57,64)(H,59,65)(H,61,62)/t44-,45-,46-/m0/s1. The molecule has 0 saturated carbocycles. The Morgan fingerprint density at radius 3 is 1.85 bits per heavy atom. The quantitative estimate of drug-likeness (QED) is 0.0347. The Hall–Kier alpha value is -4.66. The zero-order chi connectivity index (χ0) is 49.0. The molecule has 0 bridgehead atoms. The normalized spacial score (nSPS) is 14.3. The predicted molar refractivity (Wildman–Crippen MR) is 269 cm³/mol. The number of nitrogens with zero attached hydrogens (tertiary/aromatic N) is 2. The van der Waals surface area contributed by atoms with Gasteiger partial charge < -0.3 is 46.1 Å². The van der Waals surface area contributed by atoms with E-state index in [0.29, 0.717) is 74.9 Å². The minimum Gasteiger partial charge on any atom is -0.490 e. The number of ether oxygens (including phenoxy) is 2.